The Kier molecular flexibility index (Phi) is 8.10. The number of rotatable bonds is 8. The first kappa shape index (κ1) is 25.0. The maximum atomic E-state index is 13.5. The fraction of sp³-hybridized carbons (Fsp3) is 0.370. The van der Waals surface area contributed by atoms with Gasteiger partial charge in [-0.2, -0.15) is 0 Å². The quantitative estimate of drug-likeness (QED) is 0.493. The van der Waals surface area contributed by atoms with Crippen LogP contribution >= 0.6 is 0 Å². The fourth-order valence-electron chi connectivity index (χ4n) is 4.15. The highest BCUT2D eigenvalue weighted by Crippen LogP contribution is 2.41. The van der Waals surface area contributed by atoms with Gasteiger partial charge in [0.25, 0.3) is 0 Å². The summed E-state index contributed by atoms with van der Waals surface area (Å²) in [4.78, 5) is 13.5. The van der Waals surface area contributed by atoms with Crippen molar-refractivity contribution in [3.05, 3.63) is 46.5 Å². The number of hydrogen-bond donors (Lipinski definition) is 0. The summed E-state index contributed by atoms with van der Waals surface area (Å²) in [5.74, 6) is 3.31. The summed E-state index contributed by atoms with van der Waals surface area (Å²) >= 11 is 0. The predicted molar refractivity (Wildman–Crippen MR) is 132 cm³/mol. The molecule has 0 aliphatic heterocycles. The lowest BCUT2D eigenvalue weighted by atomic mass is 9.80. The Labute approximate surface area is 200 Å². The normalized spacial score (nSPS) is 18.1. The van der Waals surface area contributed by atoms with Crippen molar-refractivity contribution in [3.63, 3.8) is 0 Å². The van der Waals surface area contributed by atoms with Crippen LogP contribution < -0.4 is 28.4 Å². The van der Waals surface area contributed by atoms with Crippen molar-refractivity contribution < 1.29 is 33.2 Å². The van der Waals surface area contributed by atoms with E-state index in [9.17, 15) is 4.79 Å². The van der Waals surface area contributed by atoms with E-state index in [1.54, 1.807) is 42.7 Å². The maximum absolute atomic E-state index is 13.5. The van der Waals surface area contributed by atoms with Crippen molar-refractivity contribution in [2.75, 3.05) is 42.7 Å². The van der Waals surface area contributed by atoms with Crippen LogP contribution in [0.3, 0.4) is 0 Å². The number of ketones is 1. The minimum atomic E-state index is 0.0150. The molecule has 0 radical (unpaired) electrons. The van der Waals surface area contributed by atoms with Crippen LogP contribution in [-0.4, -0.2) is 48.4 Å². The third kappa shape index (κ3) is 4.98. The van der Waals surface area contributed by atoms with Gasteiger partial charge in [0.1, 0.15) is 0 Å². The van der Waals surface area contributed by atoms with Gasteiger partial charge in [-0.3, -0.25) is 4.79 Å². The number of methoxy groups -OCH3 is 6. The predicted octanol–water partition coefficient (Wildman–Crippen LogP) is 5.20. The summed E-state index contributed by atoms with van der Waals surface area (Å²) in [7, 11) is 9.40. The van der Waals surface area contributed by atoms with Gasteiger partial charge in [-0.15, -0.1) is 0 Å². The Hall–Kier alpha value is -3.61. The Balaban J connectivity index is 2.03. The third-order valence-corrected chi connectivity index (χ3v) is 5.97. The van der Waals surface area contributed by atoms with E-state index in [4.69, 9.17) is 28.4 Å². The third-order valence-electron chi connectivity index (χ3n) is 5.97. The van der Waals surface area contributed by atoms with Crippen molar-refractivity contribution in [1.82, 2.24) is 0 Å². The molecule has 1 fully saturated rings. The number of carbonyl (C=O) groups excluding carboxylic acids is 1. The molecule has 0 unspecified atom stereocenters. The zero-order valence-corrected chi connectivity index (χ0v) is 20.8. The van der Waals surface area contributed by atoms with E-state index in [1.165, 1.54) is 0 Å². The van der Waals surface area contributed by atoms with E-state index in [2.05, 4.69) is 6.92 Å². The Morgan fingerprint density at radius 2 is 1.09 bits per heavy atom. The first-order valence-electron chi connectivity index (χ1n) is 11.0. The van der Waals surface area contributed by atoms with Gasteiger partial charge >= 0.3 is 0 Å². The van der Waals surface area contributed by atoms with Crippen molar-refractivity contribution in [2.24, 2.45) is 5.92 Å². The van der Waals surface area contributed by atoms with Gasteiger partial charge in [-0.1, -0.05) is 6.92 Å². The molecule has 182 valence electrons. The molecule has 2 aromatic rings. The van der Waals surface area contributed by atoms with Gasteiger partial charge in [0.05, 0.1) is 42.7 Å². The number of carbonyl (C=O) groups is 1. The largest absolute Gasteiger partial charge is 0.493 e. The summed E-state index contributed by atoms with van der Waals surface area (Å²) in [6.45, 7) is 2.07. The summed E-state index contributed by atoms with van der Waals surface area (Å²) in [5.41, 5.74) is 3.07. The van der Waals surface area contributed by atoms with Crippen molar-refractivity contribution >= 4 is 17.9 Å². The molecular formula is C27H32O7. The van der Waals surface area contributed by atoms with E-state index in [0.717, 1.165) is 28.7 Å². The minimum absolute atomic E-state index is 0.0150. The molecule has 0 heterocycles. The minimum Gasteiger partial charge on any atom is -0.493 e. The molecule has 34 heavy (non-hydrogen) atoms. The Bertz CT molecular complexity index is 1060. The summed E-state index contributed by atoms with van der Waals surface area (Å²) < 4.78 is 32.6. The molecule has 1 atom stereocenters. The molecule has 1 aliphatic rings. The highest BCUT2D eigenvalue weighted by Gasteiger charge is 2.27. The van der Waals surface area contributed by atoms with Gasteiger partial charge in [0, 0.05) is 11.1 Å². The smallest absolute Gasteiger partial charge is 0.203 e. The Morgan fingerprint density at radius 3 is 1.47 bits per heavy atom. The highest BCUT2D eigenvalue weighted by atomic mass is 16.5. The second kappa shape index (κ2) is 11.0. The van der Waals surface area contributed by atoms with E-state index in [-0.39, 0.29) is 11.7 Å². The lowest BCUT2D eigenvalue weighted by molar-refractivity contribution is -0.113. The van der Waals surface area contributed by atoms with E-state index < -0.39 is 0 Å². The van der Waals surface area contributed by atoms with Gasteiger partial charge in [-0.05, 0) is 66.3 Å². The molecule has 0 spiro atoms. The van der Waals surface area contributed by atoms with Crippen LogP contribution in [0.4, 0.5) is 0 Å². The van der Waals surface area contributed by atoms with E-state index in [0.29, 0.717) is 40.9 Å². The van der Waals surface area contributed by atoms with Gasteiger partial charge in [0.15, 0.2) is 28.8 Å². The highest BCUT2D eigenvalue weighted by molar-refractivity contribution is 6.14. The fourth-order valence-corrected chi connectivity index (χ4v) is 4.15. The van der Waals surface area contributed by atoms with Crippen LogP contribution in [0.15, 0.2) is 35.4 Å². The summed E-state index contributed by atoms with van der Waals surface area (Å²) in [5, 5.41) is 0. The zero-order chi connectivity index (χ0) is 24.8. The van der Waals surface area contributed by atoms with E-state index in [1.807, 2.05) is 36.4 Å². The SMILES string of the molecule is COc1cc(/C=C2\C(=O)/C(=C/c3cc(OC)c(OC)c(OC)c3)CC[C@H]2C)cc(OC)c1OC. The maximum Gasteiger partial charge on any atom is 0.203 e. The van der Waals surface area contributed by atoms with Crippen LogP contribution in [-0.2, 0) is 4.79 Å². The van der Waals surface area contributed by atoms with Crippen molar-refractivity contribution in [1.29, 1.82) is 0 Å². The molecule has 0 bridgehead atoms. The number of hydrogen-bond acceptors (Lipinski definition) is 7. The van der Waals surface area contributed by atoms with Crippen LogP contribution in [0, 0.1) is 5.92 Å². The summed E-state index contributed by atoms with van der Waals surface area (Å²) in [6, 6.07) is 7.35. The lowest BCUT2D eigenvalue weighted by Crippen LogP contribution is -2.19. The number of benzene rings is 2. The standard InChI is InChI=1S/C27H32O7/c1-16-8-9-19(10-17-12-21(29-2)26(33-6)22(13-17)30-3)25(28)20(16)11-18-14-23(31-4)27(34-7)24(15-18)32-5/h10-16H,8-9H2,1-7H3/b19-10+,20-11-/t16-/m1/s1. The molecule has 3 rings (SSSR count). The number of ether oxygens (including phenoxy) is 6. The number of allylic oxidation sites excluding steroid dienone is 2. The van der Waals surface area contributed by atoms with Gasteiger partial charge < -0.3 is 28.4 Å². The van der Waals surface area contributed by atoms with E-state index >= 15 is 0 Å². The Morgan fingerprint density at radius 1 is 0.676 bits per heavy atom. The van der Waals surface area contributed by atoms with Crippen molar-refractivity contribution in [3.8, 4) is 34.5 Å². The molecule has 0 N–H and O–H groups in total. The first-order valence-corrected chi connectivity index (χ1v) is 11.0. The van der Waals surface area contributed by atoms with Crippen LogP contribution in [0.5, 0.6) is 34.5 Å². The molecule has 7 heteroatoms. The molecule has 0 saturated heterocycles. The molecule has 0 aromatic heterocycles. The van der Waals surface area contributed by atoms with Crippen LogP contribution in [0.2, 0.25) is 0 Å². The second-order valence-corrected chi connectivity index (χ2v) is 7.96. The number of Topliss-reactive ketones (excluding diaryl/α,β-unsaturated/α-hetero) is 1. The molecule has 1 saturated carbocycles. The zero-order valence-electron chi connectivity index (χ0n) is 20.8. The molecular weight excluding hydrogens is 436 g/mol. The van der Waals surface area contributed by atoms with Gasteiger partial charge in [-0.25, -0.2) is 0 Å². The van der Waals surface area contributed by atoms with Crippen molar-refractivity contribution in [2.45, 2.75) is 19.8 Å². The second-order valence-electron chi connectivity index (χ2n) is 7.96. The molecule has 1 aliphatic carbocycles. The molecule has 0 amide bonds. The van der Waals surface area contributed by atoms with Crippen LogP contribution in [0.1, 0.15) is 30.9 Å². The average Bonchev–Trinajstić information content (AvgIpc) is 2.86. The van der Waals surface area contributed by atoms with Crippen LogP contribution in [0.25, 0.3) is 12.2 Å². The average molecular weight is 469 g/mol. The molecule has 7 nitrogen and oxygen atoms in total. The monoisotopic (exact) mass is 468 g/mol. The first-order chi connectivity index (χ1) is 16.4. The summed E-state index contributed by atoms with van der Waals surface area (Å²) in [6.07, 6.45) is 5.34. The molecule has 2 aromatic carbocycles. The lowest BCUT2D eigenvalue weighted by Gasteiger charge is -2.23. The van der Waals surface area contributed by atoms with Gasteiger partial charge in [0.2, 0.25) is 11.5 Å². The topological polar surface area (TPSA) is 72.5 Å².